The number of halogens is 3. The number of anilines is 1. The van der Waals surface area contributed by atoms with Gasteiger partial charge < -0.3 is 14.8 Å². The first-order valence-electron chi connectivity index (χ1n) is 9.47. The summed E-state index contributed by atoms with van der Waals surface area (Å²) >= 11 is 6.65. The predicted molar refractivity (Wildman–Crippen MR) is 116 cm³/mol. The molecule has 1 aliphatic carbocycles. The average molecular weight is 467 g/mol. The van der Waals surface area contributed by atoms with Gasteiger partial charge in [-0.15, -0.1) is 12.4 Å². The first-order chi connectivity index (χ1) is 14.3. The van der Waals surface area contributed by atoms with Crippen molar-refractivity contribution in [3.05, 3.63) is 72.6 Å². The molecule has 8 nitrogen and oxygen atoms in total. The summed E-state index contributed by atoms with van der Waals surface area (Å²) in [6, 6.07) is 1.09. The van der Waals surface area contributed by atoms with Crippen molar-refractivity contribution in [2.45, 2.75) is 18.9 Å². The molecular formula is C20H17Cl2FN4O4. The number of nitro groups is 1. The maximum Gasteiger partial charge on any atom is 0.266 e. The predicted octanol–water partition coefficient (Wildman–Crippen LogP) is 3.20. The van der Waals surface area contributed by atoms with E-state index in [9.17, 15) is 19.7 Å². The lowest BCUT2D eigenvalue weighted by Gasteiger charge is -2.21. The Bertz CT molecular complexity index is 1270. The van der Waals surface area contributed by atoms with Crippen molar-refractivity contribution in [2.75, 3.05) is 24.5 Å². The molecule has 31 heavy (non-hydrogen) atoms. The van der Waals surface area contributed by atoms with Crippen LogP contribution in [0, 0.1) is 15.9 Å². The molecule has 1 saturated carbocycles. The summed E-state index contributed by atoms with van der Waals surface area (Å²) in [6.45, 7) is 0.120. The molecule has 1 aromatic heterocycles. The minimum absolute atomic E-state index is 0. The standard InChI is InChI=1S/C20H16ClFN4O4.ClH/c21-17-18-13(3-15(22)19(17)24-6-10-4-23-5-11(10)7-24)20(28)14(16(27)9-26(29)30)8-25(18)12-1-2-12;/h3-4,7-8,12,23H,1-2,5-6,9H2;1H. The van der Waals surface area contributed by atoms with Gasteiger partial charge >= 0.3 is 0 Å². The van der Waals surface area contributed by atoms with Crippen LogP contribution in [0.3, 0.4) is 0 Å². The number of rotatable bonds is 5. The maximum absolute atomic E-state index is 15.1. The Kier molecular flexibility index (Phi) is 5.26. The molecule has 0 spiro atoms. The number of hydrogen-bond donors (Lipinski definition) is 1. The van der Waals surface area contributed by atoms with Gasteiger partial charge in [0.25, 0.3) is 6.54 Å². The molecule has 11 heteroatoms. The average Bonchev–Trinajstić information content (AvgIpc) is 3.30. The van der Waals surface area contributed by atoms with Crippen molar-refractivity contribution in [2.24, 2.45) is 0 Å². The number of fused-ring (bicyclic) bond motifs is 2. The van der Waals surface area contributed by atoms with Crippen LogP contribution in [-0.4, -0.2) is 34.9 Å². The molecule has 2 aliphatic heterocycles. The van der Waals surface area contributed by atoms with E-state index in [1.165, 1.54) is 6.20 Å². The van der Waals surface area contributed by atoms with Gasteiger partial charge in [-0.1, -0.05) is 11.6 Å². The highest BCUT2D eigenvalue weighted by Crippen LogP contribution is 2.43. The van der Waals surface area contributed by atoms with Crippen LogP contribution in [0.25, 0.3) is 10.9 Å². The molecule has 5 rings (SSSR count). The molecule has 1 fully saturated rings. The molecule has 2 aromatic rings. The summed E-state index contributed by atoms with van der Waals surface area (Å²) in [6.07, 6.45) is 6.68. The van der Waals surface area contributed by atoms with E-state index in [1.807, 2.05) is 12.4 Å². The number of pyridine rings is 1. The molecule has 3 heterocycles. The molecule has 0 unspecified atom stereocenters. The van der Waals surface area contributed by atoms with Gasteiger partial charge in [0.15, 0.2) is 0 Å². The van der Waals surface area contributed by atoms with Gasteiger partial charge in [-0.25, -0.2) is 4.39 Å². The summed E-state index contributed by atoms with van der Waals surface area (Å²) in [5.74, 6) is -1.59. The first-order valence-corrected chi connectivity index (χ1v) is 9.85. The van der Waals surface area contributed by atoms with Crippen LogP contribution < -0.4 is 15.6 Å². The first kappa shape index (κ1) is 21.3. The molecule has 0 saturated heterocycles. The van der Waals surface area contributed by atoms with E-state index in [0.717, 1.165) is 30.1 Å². The Morgan fingerprint density at radius 2 is 2.10 bits per heavy atom. The highest BCUT2D eigenvalue weighted by Gasteiger charge is 2.32. The Morgan fingerprint density at radius 3 is 2.74 bits per heavy atom. The topological polar surface area (TPSA) is 97.5 Å². The van der Waals surface area contributed by atoms with Crippen LogP contribution in [0.4, 0.5) is 10.1 Å². The second kappa shape index (κ2) is 7.65. The molecule has 1 N–H and O–H groups in total. The van der Waals surface area contributed by atoms with Crippen LogP contribution in [0.1, 0.15) is 29.2 Å². The summed E-state index contributed by atoms with van der Waals surface area (Å²) in [7, 11) is 0. The SMILES string of the molecule is Cl.O=C(C[N+](=O)[O-])c1cn(C2CC2)c2c(Cl)c(N3C=C4CNC=C4C3)c(F)cc2c1=O. The Morgan fingerprint density at radius 1 is 1.35 bits per heavy atom. The zero-order valence-electron chi connectivity index (χ0n) is 16.1. The number of hydrogen-bond acceptors (Lipinski definition) is 6. The zero-order chi connectivity index (χ0) is 21.2. The number of carbonyl (C=O) groups excluding carboxylic acids is 1. The number of nitrogens with one attached hydrogen (secondary N) is 1. The fraction of sp³-hybridized carbons (Fsp3) is 0.300. The van der Waals surface area contributed by atoms with Crippen molar-refractivity contribution in [3.63, 3.8) is 0 Å². The summed E-state index contributed by atoms with van der Waals surface area (Å²) in [5, 5.41) is 13.9. The fourth-order valence-corrected chi connectivity index (χ4v) is 4.46. The van der Waals surface area contributed by atoms with E-state index in [1.54, 1.807) is 9.47 Å². The fourth-order valence-electron chi connectivity index (χ4n) is 4.06. The minimum atomic E-state index is -0.996. The summed E-state index contributed by atoms with van der Waals surface area (Å²) < 4.78 is 16.8. The normalized spacial score (nSPS) is 17.0. The molecule has 1 aromatic carbocycles. The van der Waals surface area contributed by atoms with Gasteiger partial charge in [-0.3, -0.25) is 19.7 Å². The van der Waals surface area contributed by atoms with Gasteiger partial charge in [0.05, 0.1) is 27.2 Å². The van der Waals surface area contributed by atoms with E-state index in [2.05, 4.69) is 5.32 Å². The van der Waals surface area contributed by atoms with Crippen LogP contribution >= 0.6 is 24.0 Å². The molecule has 0 atom stereocenters. The van der Waals surface area contributed by atoms with Gasteiger partial charge in [-0.2, -0.15) is 0 Å². The Labute approximate surface area is 186 Å². The number of ketones is 1. The largest absolute Gasteiger partial charge is 0.386 e. The van der Waals surface area contributed by atoms with Crippen molar-refractivity contribution in [1.29, 1.82) is 0 Å². The lowest BCUT2D eigenvalue weighted by Crippen LogP contribution is -2.25. The van der Waals surface area contributed by atoms with E-state index in [4.69, 9.17) is 11.6 Å². The molecule has 0 amide bonds. The lowest BCUT2D eigenvalue weighted by atomic mass is 10.1. The molecule has 0 radical (unpaired) electrons. The summed E-state index contributed by atoms with van der Waals surface area (Å²) in [4.78, 5) is 36.9. The van der Waals surface area contributed by atoms with Gasteiger partial charge in [0.1, 0.15) is 5.82 Å². The number of nitrogens with zero attached hydrogens (tertiary/aromatic N) is 3. The second-order valence-electron chi connectivity index (χ2n) is 7.67. The third kappa shape index (κ3) is 3.47. The monoisotopic (exact) mass is 466 g/mol. The van der Waals surface area contributed by atoms with Crippen molar-refractivity contribution in [1.82, 2.24) is 9.88 Å². The number of benzene rings is 1. The quantitative estimate of drug-likeness (QED) is 0.412. The smallest absolute Gasteiger partial charge is 0.266 e. The molecular weight excluding hydrogens is 450 g/mol. The highest BCUT2D eigenvalue weighted by molar-refractivity contribution is 6.38. The van der Waals surface area contributed by atoms with Crippen molar-refractivity contribution in [3.8, 4) is 0 Å². The van der Waals surface area contributed by atoms with Crippen molar-refractivity contribution >= 4 is 46.4 Å². The van der Waals surface area contributed by atoms with Gasteiger partial charge in [-0.05, 0) is 30.1 Å². The minimum Gasteiger partial charge on any atom is -0.386 e. The van der Waals surface area contributed by atoms with Crippen LogP contribution in [0.15, 0.2) is 40.6 Å². The number of Topliss-reactive ketones (excluding diaryl/α,β-unsaturated/α-hetero) is 1. The lowest BCUT2D eigenvalue weighted by molar-refractivity contribution is -0.465. The summed E-state index contributed by atoms with van der Waals surface area (Å²) in [5.41, 5.74) is 1.55. The van der Waals surface area contributed by atoms with Crippen LogP contribution in [0.2, 0.25) is 5.02 Å². The van der Waals surface area contributed by atoms with E-state index < -0.39 is 28.5 Å². The Hall–Kier alpha value is -2.91. The third-order valence-corrected chi connectivity index (χ3v) is 5.98. The molecule has 3 aliphatic rings. The van der Waals surface area contributed by atoms with E-state index in [0.29, 0.717) is 18.6 Å². The second-order valence-corrected chi connectivity index (χ2v) is 8.05. The third-order valence-electron chi connectivity index (χ3n) is 5.62. The van der Waals surface area contributed by atoms with Gasteiger partial charge in [0.2, 0.25) is 11.2 Å². The van der Waals surface area contributed by atoms with E-state index >= 15 is 4.39 Å². The Balaban J connectivity index is 0.00000231. The molecule has 162 valence electrons. The van der Waals surface area contributed by atoms with Crippen LogP contribution in [0.5, 0.6) is 0 Å². The highest BCUT2D eigenvalue weighted by atomic mass is 35.5. The molecule has 0 bridgehead atoms. The van der Waals surface area contributed by atoms with E-state index in [-0.39, 0.29) is 40.1 Å². The number of carbonyl (C=O) groups is 1. The van der Waals surface area contributed by atoms with Crippen molar-refractivity contribution < 1.29 is 14.1 Å². The maximum atomic E-state index is 15.1. The van der Waals surface area contributed by atoms with Gasteiger partial charge in [0, 0.05) is 42.7 Å². The zero-order valence-corrected chi connectivity index (χ0v) is 17.6. The number of aromatic nitrogens is 1. The van der Waals surface area contributed by atoms with Crippen LogP contribution in [-0.2, 0) is 0 Å².